The molecule has 0 aliphatic carbocycles. The van der Waals surface area contributed by atoms with Crippen LogP contribution in [0.2, 0.25) is 0 Å². The van der Waals surface area contributed by atoms with Crippen molar-refractivity contribution in [1.29, 1.82) is 0 Å². The van der Waals surface area contributed by atoms with Gasteiger partial charge in [-0.3, -0.25) is 5.10 Å². The quantitative estimate of drug-likeness (QED) is 0.613. The van der Waals surface area contributed by atoms with Crippen LogP contribution in [0.5, 0.6) is 0 Å². The van der Waals surface area contributed by atoms with Crippen LogP contribution in [-0.2, 0) is 0 Å². The van der Waals surface area contributed by atoms with E-state index < -0.39 is 0 Å². The summed E-state index contributed by atoms with van der Waals surface area (Å²) in [5.41, 5.74) is 0.782. The number of aromatic nitrogens is 4. The van der Waals surface area contributed by atoms with Gasteiger partial charge in [0, 0.05) is 6.20 Å². The van der Waals surface area contributed by atoms with Crippen LogP contribution in [0.25, 0.3) is 11.0 Å². The molecule has 4 nitrogen and oxygen atoms in total. The van der Waals surface area contributed by atoms with Crippen molar-refractivity contribution in [3.8, 4) is 0 Å². The second kappa shape index (κ2) is 2.62. The summed E-state index contributed by atoms with van der Waals surface area (Å²) in [5, 5.41) is 7.43. The molecule has 52 valence electrons. The van der Waals surface area contributed by atoms with Gasteiger partial charge < -0.3 is 0 Å². The molecule has 0 aliphatic rings. The molecule has 5 heteroatoms. The first-order chi connectivity index (χ1) is 4.47. The molecule has 0 radical (unpaired) electrons. The zero-order valence-electron chi connectivity index (χ0n) is 4.98. The van der Waals surface area contributed by atoms with E-state index in [4.69, 9.17) is 0 Å². The van der Waals surface area contributed by atoms with Gasteiger partial charge in [-0.25, -0.2) is 9.97 Å². The van der Waals surface area contributed by atoms with Crippen LogP contribution in [-0.4, -0.2) is 20.2 Å². The average molecular weight is 157 g/mol. The Balaban J connectivity index is 0.000000500. The summed E-state index contributed by atoms with van der Waals surface area (Å²) >= 11 is 0. The highest BCUT2D eigenvalue weighted by Gasteiger charge is 1.90. The highest BCUT2D eigenvalue weighted by atomic mass is 35.5. The first-order valence-corrected chi connectivity index (χ1v) is 2.56. The van der Waals surface area contributed by atoms with E-state index in [-0.39, 0.29) is 12.4 Å². The Morgan fingerprint density at radius 3 is 3.00 bits per heavy atom. The molecule has 0 spiro atoms. The lowest BCUT2D eigenvalue weighted by molar-refractivity contribution is 1.09. The summed E-state index contributed by atoms with van der Waals surface area (Å²) in [7, 11) is 0. The van der Waals surface area contributed by atoms with Gasteiger partial charge in [0.2, 0.25) is 0 Å². The van der Waals surface area contributed by atoms with Gasteiger partial charge in [-0.15, -0.1) is 12.4 Å². The molecule has 0 bridgehead atoms. The van der Waals surface area contributed by atoms with Crippen molar-refractivity contribution in [2.75, 3.05) is 0 Å². The molecule has 0 unspecified atom stereocenters. The molecule has 0 fully saturated rings. The number of nitrogens with zero attached hydrogens (tertiary/aromatic N) is 3. The van der Waals surface area contributed by atoms with Crippen molar-refractivity contribution in [2.24, 2.45) is 0 Å². The van der Waals surface area contributed by atoms with Crippen LogP contribution in [0, 0.1) is 0 Å². The molecular weight excluding hydrogens is 152 g/mol. The SMILES string of the molecule is Cl.c1ncc2cn[nH]c2n1. The lowest BCUT2D eigenvalue weighted by Gasteiger charge is -1.80. The molecule has 10 heavy (non-hydrogen) atoms. The maximum Gasteiger partial charge on any atom is 0.158 e. The zero-order valence-corrected chi connectivity index (χ0v) is 5.80. The highest BCUT2D eigenvalue weighted by Crippen LogP contribution is 2.01. The summed E-state index contributed by atoms with van der Waals surface area (Å²) in [4.78, 5) is 7.73. The first-order valence-electron chi connectivity index (χ1n) is 2.56. The van der Waals surface area contributed by atoms with Gasteiger partial charge in [-0.2, -0.15) is 5.10 Å². The number of aromatic amines is 1. The van der Waals surface area contributed by atoms with Crippen molar-refractivity contribution in [1.82, 2.24) is 20.2 Å². The van der Waals surface area contributed by atoms with Crippen LogP contribution >= 0.6 is 12.4 Å². The standard InChI is InChI=1S/C5H4N4.ClH/c1-4-2-8-9-5(4)7-3-6-1;/h1-3H,(H,6,7,8,9);1H. The van der Waals surface area contributed by atoms with Crippen molar-refractivity contribution < 1.29 is 0 Å². The average Bonchev–Trinajstić information content (AvgIpc) is 2.33. The Hall–Kier alpha value is -1.16. The second-order valence-electron chi connectivity index (χ2n) is 1.70. The van der Waals surface area contributed by atoms with E-state index in [1.807, 2.05) is 0 Å². The van der Waals surface area contributed by atoms with E-state index in [2.05, 4.69) is 20.2 Å². The molecule has 0 atom stereocenters. The summed E-state index contributed by atoms with van der Waals surface area (Å²) < 4.78 is 0. The molecule has 0 aromatic carbocycles. The van der Waals surface area contributed by atoms with Gasteiger partial charge in [0.15, 0.2) is 5.65 Å². The van der Waals surface area contributed by atoms with Crippen LogP contribution in [0.15, 0.2) is 18.7 Å². The molecule has 0 saturated heterocycles. The van der Waals surface area contributed by atoms with E-state index >= 15 is 0 Å². The van der Waals surface area contributed by atoms with Gasteiger partial charge in [0.05, 0.1) is 11.6 Å². The topological polar surface area (TPSA) is 54.5 Å². The lowest BCUT2D eigenvalue weighted by Crippen LogP contribution is -1.75. The van der Waals surface area contributed by atoms with Crippen LogP contribution < -0.4 is 0 Å². The third-order valence-corrected chi connectivity index (χ3v) is 1.11. The zero-order chi connectivity index (χ0) is 6.10. The van der Waals surface area contributed by atoms with Crippen molar-refractivity contribution in [3.05, 3.63) is 18.7 Å². The minimum atomic E-state index is 0. The molecule has 2 heterocycles. The number of rotatable bonds is 0. The summed E-state index contributed by atoms with van der Waals surface area (Å²) in [6, 6.07) is 0. The minimum absolute atomic E-state index is 0. The summed E-state index contributed by atoms with van der Waals surface area (Å²) in [6.45, 7) is 0. The number of H-pyrrole nitrogens is 1. The Bertz CT molecular complexity index is 288. The number of fused-ring (bicyclic) bond motifs is 1. The fourth-order valence-electron chi connectivity index (χ4n) is 0.691. The Morgan fingerprint density at radius 2 is 2.20 bits per heavy atom. The van der Waals surface area contributed by atoms with Gasteiger partial charge >= 0.3 is 0 Å². The molecule has 1 N–H and O–H groups in total. The fraction of sp³-hybridized carbons (Fsp3) is 0. The number of halogens is 1. The maximum absolute atomic E-state index is 3.91. The van der Waals surface area contributed by atoms with Crippen molar-refractivity contribution in [3.63, 3.8) is 0 Å². The van der Waals surface area contributed by atoms with Crippen molar-refractivity contribution >= 4 is 23.4 Å². The number of nitrogens with one attached hydrogen (secondary N) is 1. The second-order valence-corrected chi connectivity index (χ2v) is 1.70. The minimum Gasteiger partial charge on any atom is -0.261 e. The third-order valence-electron chi connectivity index (χ3n) is 1.11. The van der Waals surface area contributed by atoms with Crippen LogP contribution in [0.3, 0.4) is 0 Å². The van der Waals surface area contributed by atoms with Gasteiger partial charge in [0.25, 0.3) is 0 Å². The molecule has 2 aromatic rings. The largest absolute Gasteiger partial charge is 0.261 e. The van der Waals surface area contributed by atoms with Crippen LogP contribution in [0.4, 0.5) is 0 Å². The maximum atomic E-state index is 3.91. The first kappa shape index (κ1) is 6.95. The lowest BCUT2D eigenvalue weighted by atomic mass is 10.5. The molecular formula is C5H5ClN4. The predicted molar refractivity (Wildman–Crippen MR) is 38.9 cm³/mol. The molecule has 2 rings (SSSR count). The molecule has 2 aromatic heterocycles. The Labute approximate surface area is 63.1 Å². The summed E-state index contributed by atoms with van der Waals surface area (Å²) in [6.07, 6.45) is 4.89. The van der Waals surface area contributed by atoms with Crippen LogP contribution in [0.1, 0.15) is 0 Å². The van der Waals surface area contributed by atoms with Gasteiger partial charge in [0.1, 0.15) is 6.33 Å². The Morgan fingerprint density at radius 1 is 1.30 bits per heavy atom. The normalized spacial score (nSPS) is 9.20. The predicted octanol–water partition coefficient (Wildman–Crippen LogP) is 0.775. The number of hydrogen-bond donors (Lipinski definition) is 1. The number of hydrogen-bond acceptors (Lipinski definition) is 3. The highest BCUT2D eigenvalue weighted by molar-refractivity contribution is 5.85. The van der Waals surface area contributed by atoms with E-state index in [0.29, 0.717) is 0 Å². The summed E-state index contributed by atoms with van der Waals surface area (Å²) in [5.74, 6) is 0. The molecule has 0 amide bonds. The molecule has 0 aliphatic heterocycles. The Kier molecular flexibility index (Phi) is 1.82. The van der Waals surface area contributed by atoms with E-state index in [1.165, 1.54) is 6.33 Å². The van der Waals surface area contributed by atoms with Crippen molar-refractivity contribution in [2.45, 2.75) is 0 Å². The third kappa shape index (κ3) is 0.930. The van der Waals surface area contributed by atoms with Gasteiger partial charge in [-0.05, 0) is 0 Å². The monoisotopic (exact) mass is 156 g/mol. The van der Waals surface area contributed by atoms with E-state index in [0.717, 1.165) is 11.0 Å². The molecule has 0 saturated carbocycles. The van der Waals surface area contributed by atoms with E-state index in [1.54, 1.807) is 12.4 Å². The smallest absolute Gasteiger partial charge is 0.158 e. The fourth-order valence-corrected chi connectivity index (χ4v) is 0.691. The van der Waals surface area contributed by atoms with E-state index in [9.17, 15) is 0 Å². The van der Waals surface area contributed by atoms with Gasteiger partial charge in [-0.1, -0.05) is 0 Å².